The van der Waals surface area contributed by atoms with Crippen LogP contribution in [0.2, 0.25) is 0 Å². The number of nitrogens with one attached hydrogen (secondary N) is 2. The van der Waals surface area contributed by atoms with Gasteiger partial charge in [-0.05, 0) is 69.5 Å². The summed E-state index contributed by atoms with van der Waals surface area (Å²) in [6, 6.07) is 12.0. The standard InChI is InChI=1S/C29H33N5O3S2/c1-29(2,3)37-28(36)34-16-12-20-23(18-34)39-27(25(20)26-32-21-8-4-5-9-22(21)38-26)33-24(35)11-15-30-14-10-19-7-6-13-31-17-19/h4-9,13,17,30H,10-12,14-16,18H2,1-3H3,(H,33,35). The third-order valence-corrected chi connectivity index (χ3v) is 8.50. The Morgan fingerprint density at radius 1 is 1.10 bits per heavy atom. The van der Waals surface area contributed by atoms with Crippen LogP contribution in [0.3, 0.4) is 0 Å². The predicted molar refractivity (Wildman–Crippen MR) is 157 cm³/mol. The molecule has 1 aromatic carbocycles. The van der Waals surface area contributed by atoms with Gasteiger partial charge in [0.15, 0.2) is 0 Å². The quantitative estimate of drug-likeness (QED) is 0.260. The van der Waals surface area contributed by atoms with E-state index in [2.05, 4.69) is 21.7 Å². The molecule has 0 saturated carbocycles. The van der Waals surface area contributed by atoms with Gasteiger partial charge in [0.25, 0.3) is 0 Å². The number of pyridine rings is 1. The highest BCUT2D eigenvalue weighted by atomic mass is 32.1. The van der Waals surface area contributed by atoms with E-state index in [1.54, 1.807) is 22.4 Å². The molecule has 8 nitrogen and oxygen atoms in total. The minimum absolute atomic E-state index is 0.0474. The van der Waals surface area contributed by atoms with Gasteiger partial charge in [0.1, 0.15) is 15.6 Å². The van der Waals surface area contributed by atoms with Gasteiger partial charge < -0.3 is 20.3 Å². The van der Waals surface area contributed by atoms with Gasteiger partial charge in [-0.3, -0.25) is 9.78 Å². The van der Waals surface area contributed by atoms with Crippen molar-refractivity contribution in [1.82, 2.24) is 20.2 Å². The maximum absolute atomic E-state index is 13.0. The summed E-state index contributed by atoms with van der Waals surface area (Å²) in [4.78, 5) is 37.6. The molecule has 0 atom stereocenters. The molecule has 5 rings (SSSR count). The molecular formula is C29H33N5O3S2. The summed E-state index contributed by atoms with van der Waals surface area (Å²) < 4.78 is 6.72. The second-order valence-corrected chi connectivity index (χ2v) is 12.6. The number of carbonyl (C=O) groups is 2. The lowest BCUT2D eigenvalue weighted by Gasteiger charge is -2.30. The van der Waals surface area contributed by atoms with Crippen LogP contribution in [0, 0.1) is 0 Å². The largest absolute Gasteiger partial charge is 0.444 e. The van der Waals surface area contributed by atoms with Crippen molar-refractivity contribution in [2.24, 2.45) is 0 Å². The fourth-order valence-corrected chi connectivity index (χ4v) is 6.86. The van der Waals surface area contributed by atoms with Crippen molar-refractivity contribution in [1.29, 1.82) is 0 Å². The Hall–Kier alpha value is -3.34. The van der Waals surface area contributed by atoms with Crippen molar-refractivity contribution in [3.8, 4) is 10.6 Å². The van der Waals surface area contributed by atoms with Gasteiger partial charge in [-0.1, -0.05) is 18.2 Å². The second-order valence-electron chi connectivity index (χ2n) is 10.5. The van der Waals surface area contributed by atoms with E-state index in [1.165, 1.54) is 16.9 Å². The van der Waals surface area contributed by atoms with Gasteiger partial charge in [-0.15, -0.1) is 22.7 Å². The average molecular weight is 564 g/mol. The first-order chi connectivity index (χ1) is 18.8. The molecule has 1 aliphatic rings. The summed E-state index contributed by atoms with van der Waals surface area (Å²) in [5.74, 6) is -0.0474. The summed E-state index contributed by atoms with van der Waals surface area (Å²) in [5, 5.41) is 8.20. The third-order valence-electron chi connectivity index (χ3n) is 6.31. The van der Waals surface area contributed by atoms with Crippen LogP contribution in [-0.2, 0) is 28.9 Å². The number of fused-ring (bicyclic) bond motifs is 2. The molecule has 1 aliphatic heterocycles. The Morgan fingerprint density at radius 2 is 1.95 bits per heavy atom. The monoisotopic (exact) mass is 563 g/mol. The SMILES string of the molecule is CC(C)(C)OC(=O)N1CCc2c(sc(NC(=O)CCNCCc3cccnc3)c2-c2nc3ccccc3s2)C1. The molecule has 0 spiro atoms. The number of para-hydroxylation sites is 1. The lowest BCUT2D eigenvalue weighted by atomic mass is 10.0. The first-order valence-corrected chi connectivity index (χ1v) is 14.8. The predicted octanol–water partition coefficient (Wildman–Crippen LogP) is 5.87. The number of hydrogen-bond acceptors (Lipinski definition) is 8. The number of benzene rings is 1. The molecule has 4 heterocycles. The third kappa shape index (κ3) is 6.81. The minimum Gasteiger partial charge on any atom is -0.444 e. The molecule has 0 radical (unpaired) electrons. The number of thiophene rings is 1. The average Bonchev–Trinajstić information content (AvgIpc) is 3.48. The van der Waals surface area contributed by atoms with Crippen LogP contribution in [0.1, 0.15) is 43.2 Å². The molecule has 0 bridgehead atoms. The number of thiazole rings is 1. The Kier molecular flexibility index (Phi) is 8.25. The van der Waals surface area contributed by atoms with Crippen molar-refractivity contribution < 1.29 is 14.3 Å². The van der Waals surface area contributed by atoms with Crippen molar-refractivity contribution >= 4 is 49.9 Å². The number of ether oxygens (including phenoxy) is 1. The molecule has 3 aromatic heterocycles. The molecular weight excluding hydrogens is 530 g/mol. The van der Waals surface area contributed by atoms with Crippen molar-refractivity contribution in [3.05, 3.63) is 64.8 Å². The number of carbonyl (C=O) groups excluding carboxylic acids is 2. The smallest absolute Gasteiger partial charge is 0.410 e. The van der Waals surface area contributed by atoms with Crippen LogP contribution >= 0.6 is 22.7 Å². The molecule has 2 N–H and O–H groups in total. The van der Waals surface area contributed by atoms with E-state index in [0.29, 0.717) is 32.5 Å². The highest BCUT2D eigenvalue weighted by Gasteiger charge is 2.31. The summed E-state index contributed by atoms with van der Waals surface area (Å²) in [5.41, 5.74) is 3.70. The zero-order valence-corrected chi connectivity index (χ0v) is 24.1. The molecule has 204 valence electrons. The van der Waals surface area contributed by atoms with E-state index < -0.39 is 5.60 Å². The summed E-state index contributed by atoms with van der Waals surface area (Å²) in [7, 11) is 0. The van der Waals surface area contributed by atoms with E-state index in [4.69, 9.17) is 9.72 Å². The Bertz CT molecular complexity index is 1430. The number of anilines is 1. The number of rotatable bonds is 8. The van der Waals surface area contributed by atoms with E-state index in [0.717, 1.165) is 49.2 Å². The van der Waals surface area contributed by atoms with Crippen molar-refractivity contribution in [3.63, 3.8) is 0 Å². The number of aromatic nitrogens is 2. The lowest BCUT2D eigenvalue weighted by Crippen LogP contribution is -2.39. The summed E-state index contributed by atoms with van der Waals surface area (Å²) >= 11 is 3.16. The minimum atomic E-state index is -0.551. The maximum atomic E-state index is 13.0. The normalized spacial score (nSPS) is 13.4. The van der Waals surface area contributed by atoms with Gasteiger partial charge >= 0.3 is 6.09 Å². The second kappa shape index (κ2) is 11.8. The maximum Gasteiger partial charge on any atom is 0.410 e. The molecule has 2 amide bonds. The fraction of sp³-hybridized carbons (Fsp3) is 0.379. The summed E-state index contributed by atoms with van der Waals surface area (Å²) in [6.07, 6.45) is 5.22. The lowest BCUT2D eigenvalue weighted by molar-refractivity contribution is -0.116. The molecule has 0 saturated heterocycles. The molecule has 0 fully saturated rings. The van der Waals surface area contributed by atoms with E-state index in [-0.39, 0.29) is 12.0 Å². The van der Waals surface area contributed by atoms with Gasteiger partial charge in [0, 0.05) is 42.3 Å². The summed E-state index contributed by atoms with van der Waals surface area (Å²) in [6.45, 7) is 8.00. The number of nitrogens with zero attached hydrogens (tertiary/aromatic N) is 3. The fourth-order valence-electron chi connectivity index (χ4n) is 4.47. The van der Waals surface area contributed by atoms with Crippen LogP contribution < -0.4 is 10.6 Å². The molecule has 10 heteroatoms. The molecule has 39 heavy (non-hydrogen) atoms. The van der Waals surface area contributed by atoms with E-state index in [1.807, 2.05) is 57.3 Å². The van der Waals surface area contributed by atoms with Gasteiger partial charge in [-0.25, -0.2) is 9.78 Å². The Balaban J connectivity index is 1.31. The van der Waals surface area contributed by atoms with Gasteiger partial charge in [-0.2, -0.15) is 0 Å². The van der Waals surface area contributed by atoms with Gasteiger partial charge in [0.05, 0.1) is 16.8 Å². The number of hydrogen-bond donors (Lipinski definition) is 2. The Morgan fingerprint density at radius 3 is 2.72 bits per heavy atom. The Labute approximate surface area is 236 Å². The van der Waals surface area contributed by atoms with Crippen LogP contribution in [0.25, 0.3) is 20.8 Å². The van der Waals surface area contributed by atoms with Gasteiger partial charge in [0.2, 0.25) is 5.91 Å². The zero-order chi connectivity index (χ0) is 27.4. The van der Waals surface area contributed by atoms with Crippen molar-refractivity contribution in [2.45, 2.75) is 52.2 Å². The zero-order valence-electron chi connectivity index (χ0n) is 22.5. The molecule has 0 unspecified atom stereocenters. The molecule has 4 aromatic rings. The number of amides is 2. The first-order valence-electron chi connectivity index (χ1n) is 13.1. The van der Waals surface area contributed by atoms with Crippen LogP contribution in [-0.4, -0.2) is 52.1 Å². The van der Waals surface area contributed by atoms with Crippen LogP contribution in [0.15, 0.2) is 48.8 Å². The van der Waals surface area contributed by atoms with Crippen molar-refractivity contribution in [2.75, 3.05) is 25.0 Å². The topological polar surface area (TPSA) is 96.5 Å². The first kappa shape index (κ1) is 27.2. The van der Waals surface area contributed by atoms with Crippen LogP contribution in [0.5, 0.6) is 0 Å². The van der Waals surface area contributed by atoms with E-state index >= 15 is 0 Å². The highest BCUT2D eigenvalue weighted by Crippen LogP contribution is 2.45. The van der Waals surface area contributed by atoms with E-state index in [9.17, 15) is 9.59 Å². The highest BCUT2D eigenvalue weighted by molar-refractivity contribution is 7.22. The molecule has 0 aliphatic carbocycles. The van der Waals surface area contributed by atoms with Crippen LogP contribution in [0.4, 0.5) is 9.80 Å².